The summed E-state index contributed by atoms with van der Waals surface area (Å²) < 4.78 is 0. The normalized spacial score (nSPS) is 20.2. The zero-order valence-corrected chi connectivity index (χ0v) is 10.4. The van der Waals surface area contributed by atoms with Crippen LogP contribution in [0.1, 0.15) is 25.7 Å². The average molecular weight is 277 g/mol. The van der Waals surface area contributed by atoms with Gasteiger partial charge in [-0.2, -0.15) is 5.06 Å². The van der Waals surface area contributed by atoms with Crippen LogP contribution in [0.5, 0.6) is 0 Å². The Morgan fingerprint density at radius 2 is 1.89 bits per heavy atom. The van der Waals surface area contributed by atoms with Crippen molar-refractivity contribution in [2.24, 2.45) is 11.5 Å². The van der Waals surface area contributed by atoms with Gasteiger partial charge in [0.1, 0.15) is 12.1 Å². The van der Waals surface area contributed by atoms with E-state index in [4.69, 9.17) is 26.9 Å². The van der Waals surface area contributed by atoms with Crippen LogP contribution in [0.4, 0.5) is 0 Å². The minimum absolute atomic E-state index is 0.0213. The monoisotopic (exact) mass is 277 g/mol. The zero-order chi connectivity index (χ0) is 15.0. The molecule has 1 aliphatic rings. The summed E-state index contributed by atoms with van der Waals surface area (Å²) in [6.45, 7) is 0.483. The van der Waals surface area contributed by atoms with E-state index in [1.165, 1.54) is 0 Å². The van der Waals surface area contributed by atoms with Crippen LogP contribution in [0.2, 0.25) is 0 Å². The van der Waals surface area contributed by atoms with Crippen molar-refractivity contribution in [3.05, 3.63) is 0 Å². The highest BCUT2D eigenvalue weighted by Gasteiger charge is 2.28. The Bertz CT molecular complexity index is 335. The van der Waals surface area contributed by atoms with Crippen LogP contribution in [0.15, 0.2) is 0 Å². The van der Waals surface area contributed by atoms with E-state index in [2.05, 4.69) is 0 Å². The number of hydrogen-bond acceptors (Lipinski definition) is 6. The molecule has 1 rings (SSSR count). The van der Waals surface area contributed by atoms with Gasteiger partial charge >= 0.3 is 11.9 Å². The van der Waals surface area contributed by atoms with Gasteiger partial charge in [0.2, 0.25) is 5.91 Å². The quantitative estimate of drug-likeness (QED) is 0.408. The summed E-state index contributed by atoms with van der Waals surface area (Å²) in [5, 5.41) is 26.3. The van der Waals surface area contributed by atoms with Gasteiger partial charge < -0.3 is 26.9 Å². The predicted molar refractivity (Wildman–Crippen MR) is 63.2 cm³/mol. The second-order valence-corrected chi connectivity index (χ2v) is 4.11. The summed E-state index contributed by atoms with van der Waals surface area (Å²) in [6, 6.07) is -1.64. The van der Waals surface area contributed by atoms with Crippen LogP contribution >= 0.6 is 0 Å². The average Bonchev–Trinajstić information content (AvgIpc) is 2.73. The van der Waals surface area contributed by atoms with Crippen LogP contribution in [-0.2, 0) is 14.4 Å². The largest absolute Gasteiger partial charge is 0.480 e. The Labute approximate surface area is 109 Å². The number of aliphatic carboxylic acids is 2. The molecule has 9 nitrogen and oxygen atoms in total. The molecule has 1 heterocycles. The smallest absolute Gasteiger partial charge is 0.323 e. The fraction of sp³-hybridized carbons (Fsp3) is 0.700. The lowest BCUT2D eigenvalue weighted by Gasteiger charge is -2.11. The highest BCUT2D eigenvalue weighted by Crippen LogP contribution is 2.13. The van der Waals surface area contributed by atoms with E-state index in [0.717, 1.165) is 11.5 Å². The summed E-state index contributed by atoms with van der Waals surface area (Å²) >= 11 is 0. The molecular weight excluding hydrogens is 258 g/mol. The second kappa shape index (κ2) is 8.40. The van der Waals surface area contributed by atoms with Crippen molar-refractivity contribution in [2.45, 2.75) is 37.8 Å². The van der Waals surface area contributed by atoms with Crippen LogP contribution in [0.25, 0.3) is 0 Å². The molecule has 0 radical (unpaired) electrons. The molecule has 0 aromatic heterocycles. The Morgan fingerprint density at radius 3 is 2.16 bits per heavy atom. The van der Waals surface area contributed by atoms with E-state index in [1.54, 1.807) is 0 Å². The maximum absolute atomic E-state index is 10.2. The number of amides is 1. The molecule has 1 amide bonds. The lowest BCUT2D eigenvalue weighted by Crippen LogP contribution is -2.32. The number of hydrogen-bond donors (Lipinski definition) is 5. The van der Waals surface area contributed by atoms with Gasteiger partial charge in [0.25, 0.3) is 0 Å². The van der Waals surface area contributed by atoms with Crippen molar-refractivity contribution >= 4 is 17.8 Å². The Morgan fingerprint density at radius 1 is 1.32 bits per heavy atom. The molecule has 1 fully saturated rings. The number of primary amides is 1. The molecule has 0 aromatic carbocycles. The van der Waals surface area contributed by atoms with E-state index in [1.807, 2.05) is 0 Å². The third kappa shape index (κ3) is 7.34. The first-order valence-corrected chi connectivity index (χ1v) is 5.70. The topological polar surface area (TPSA) is 167 Å². The Kier molecular flexibility index (Phi) is 7.65. The first kappa shape index (κ1) is 17.3. The van der Waals surface area contributed by atoms with Crippen molar-refractivity contribution in [1.29, 1.82) is 0 Å². The fourth-order valence-corrected chi connectivity index (χ4v) is 1.42. The third-order valence-electron chi connectivity index (χ3n) is 2.53. The minimum Gasteiger partial charge on any atom is -0.480 e. The van der Waals surface area contributed by atoms with Crippen LogP contribution in [-0.4, -0.2) is 57.0 Å². The zero-order valence-electron chi connectivity index (χ0n) is 10.4. The number of hydroxylamine groups is 2. The molecule has 19 heavy (non-hydrogen) atoms. The predicted octanol–water partition coefficient (Wildman–Crippen LogP) is -1.41. The van der Waals surface area contributed by atoms with E-state index >= 15 is 0 Å². The lowest BCUT2D eigenvalue weighted by molar-refractivity contribution is -0.161. The van der Waals surface area contributed by atoms with Crippen molar-refractivity contribution in [3.8, 4) is 0 Å². The van der Waals surface area contributed by atoms with Gasteiger partial charge in [-0.05, 0) is 19.3 Å². The Hall–Kier alpha value is -1.71. The summed E-state index contributed by atoms with van der Waals surface area (Å²) in [4.78, 5) is 30.3. The molecule has 0 bridgehead atoms. The standard InChI is InChI=1S/C5H10N2O3.C5H9NO3/c6-3(5(9)10)1-2-4(7)8;7-5(8)4-2-1-3-6(4)9/h3H,1-2,6H2,(H2,7,8)(H,9,10);4,9H,1-3H2,(H,7,8). The summed E-state index contributed by atoms with van der Waals surface area (Å²) in [7, 11) is 0. The van der Waals surface area contributed by atoms with Crippen LogP contribution < -0.4 is 11.5 Å². The summed E-state index contributed by atoms with van der Waals surface area (Å²) in [6.07, 6.45) is 1.46. The van der Waals surface area contributed by atoms with E-state index in [0.29, 0.717) is 13.0 Å². The Balaban J connectivity index is 0.000000342. The maximum atomic E-state index is 10.2. The first-order chi connectivity index (χ1) is 8.75. The molecule has 0 saturated carbocycles. The molecule has 2 unspecified atom stereocenters. The molecule has 0 spiro atoms. The van der Waals surface area contributed by atoms with Gasteiger partial charge in [-0.25, -0.2) is 0 Å². The molecule has 0 aromatic rings. The van der Waals surface area contributed by atoms with Crippen molar-refractivity contribution in [2.75, 3.05) is 6.54 Å². The third-order valence-corrected chi connectivity index (χ3v) is 2.53. The second-order valence-electron chi connectivity index (χ2n) is 4.11. The van der Waals surface area contributed by atoms with Crippen molar-refractivity contribution < 1.29 is 29.8 Å². The molecule has 0 aliphatic carbocycles. The van der Waals surface area contributed by atoms with E-state index in [-0.39, 0.29) is 12.8 Å². The van der Waals surface area contributed by atoms with E-state index in [9.17, 15) is 14.4 Å². The SMILES string of the molecule is NC(=O)CCC(N)C(=O)O.O=C(O)C1CCCN1O. The number of rotatable bonds is 5. The number of carbonyl (C=O) groups is 3. The molecular formula is C10H19N3O6. The van der Waals surface area contributed by atoms with E-state index < -0.39 is 29.9 Å². The minimum atomic E-state index is -1.11. The molecule has 7 N–H and O–H groups in total. The van der Waals surface area contributed by atoms with Gasteiger partial charge in [0, 0.05) is 13.0 Å². The fourth-order valence-electron chi connectivity index (χ4n) is 1.42. The summed E-state index contributed by atoms with van der Waals surface area (Å²) in [5.74, 6) is -2.58. The van der Waals surface area contributed by atoms with Crippen LogP contribution in [0, 0.1) is 0 Å². The number of carboxylic acid groups (broad SMARTS) is 2. The highest BCUT2D eigenvalue weighted by atomic mass is 16.5. The number of carboxylic acids is 2. The number of nitrogens with two attached hydrogens (primary N) is 2. The number of carbonyl (C=O) groups excluding carboxylic acids is 1. The van der Waals surface area contributed by atoms with Gasteiger partial charge in [0.15, 0.2) is 0 Å². The van der Waals surface area contributed by atoms with Crippen LogP contribution in [0.3, 0.4) is 0 Å². The van der Waals surface area contributed by atoms with Gasteiger partial charge in [0.05, 0.1) is 0 Å². The maximum Gasteiger partial charge on any atom is 0.323 e. The van der Waals surface area contributed by atoms with Crippen molar-refractivity contribution in [1.82, 2.24) is 5.06 Å². The van der Waals surface area contributed by atoms with Gasteiger partial charge in [-0.15, -0.1) is 0 Å². The van der Waals surface area contributed by atoms with Crippen molar-refractivity contribution in [3.63, 3.8) is 0 Å². The number of nitrogens with zero attached hydrogens (tertiary/aromatic N) is 1. The highest BCUT2D eigenvalue weighted by molar-refractivity contribution is 5.77. The summed E-state index contributed by atoms with van der Waals surface area (Å²) in [5.41, 5.74) is 9.81. The molecule has 1 saturated heterocycles. The molecule has 110 valence electrons. The van der Waals surface area contributed by atoms with Gasteiger partial charge in [-0.3, -0.25) is 14.4 Å². The first-order valence-electron chi connectivity index (χ1n) is 5.70. The molecule has 2 atom stereocenters. The lowest BCUT2D eigenvalue weighted by atomic mass is 10.2. The molecule has 1 aliphatic heterocycles. The van der Waals surface area contributed by atoms with Gasteiger partial charge in [-0.1, -0.05) is 0 Å². The molecule has 9 heteroatoms.